The number of carbonyl (C=O) groups is 4. The first-order chi connectivity index (χ1) is 14.8. The number of amides is 4. The van der Waals surface area contributed by atoms with Gasteiger partial charge in [-0.2, -0.15) is 0 Å². The van der Waals surface area contributed by atoms with Crippen molar-refractivity contribution in [1.29, 1.82) is 0 Å². The molecule has 0 unspecified atom stereocenters. The van der Waals surface area contributed by atoms with Crippen LogP contribution in [0.4, 0.5) is 5.69 Å². The van der Waals surface area contributed by atoms with E-state index in [1.54, 1.807) is 49.5 Å². The number of nitrogens with zero attached hydrogens (tertiary/aromatic N) is 3. The van der Waals surface area contributed by atoms with Crippen LogP contribution in [-0.2, 0) is 19.2 Å². The second kappa shape index (κ2) is 11.2. The topological polar surface area (TPSA) is 112 Å². The van der Waals surface area contributed by atoms with E-state index in [9.17, 15) is 19.2 Å². The maximum atomic E-state index is 13.1. The van der Waals surface area contributed by atoms with E-state index in [1.807, 2.05) is 13.8 Å². The number of likely N-dealkylation sites (N-methyl/N-ethyl adjacent to an activating group) is 1. The van der Waals surface area contributed by atoms with E-state index in [2.05, 4.69) is 15.6 Å². The Bertz CT molecular complexity index is 824. The van der Waals surface area contributed by atoms with Crippen LogP contribution in [0.15, 0.2) is 36.2 Å². The van der Waals surface area contributed by atoms with Crippen molar-refractivity contribution < 1.29 is 19.2 Å². The predicted octanol–water partition coefficient (Wildman–Crippen LogP) is 1.19. The van der Waals surface area contributed by atoms with Gasteiger partial charge in [0, 0.05) is 37.2 Å². The second-order valence-electron chi connectivity index (χ2n) is 7.97. The minimum absolute atomic E-state index is 0.0531. The van der Waals surface area contributed by atoms with Gasteiger partial charge in [-0.05, 0) is 37.8 Å². The molecule has 31 heavy (non-hydrogen) atoms. The Labute approximate surface area is 182 Å². The molecule has 0 radical (unpaired) electrons. The number of hydrogen-bond acceptors (Lipinski definition) is 5. The molecule has 0 aliphatic carbocycles. The fraction of sp³-hybridized carbons (Fsp3) is 0.500. The molecule has 1 aliphatic heterocycles. The quantitative estimate of drug-likeness (QED) is 0.452. The van der Waals surface area contributed by atoms with Gasteiger partial charge in [-0.3, -0.25) is 24.2 Å². The van der Waals surface area contributed by atoms with Crippen molar-refractivity contribution in [2.75, 3.05) is 25.5 Å². The maximum Gasteiger partial charge on any atom is 0.249 e. The summed E-state index contributed by atoms with van der Waals surface area (Å²) in [5, 5.41) is 5.20. The zero-order valence-corrected chi connectivity index (χ0v) is 18.5. The van der Waals surface area contributed by atoms with Crippen LogP contribution in [0.2, 0.25) is 0 Å². The Morgan fingerprint density at radius 2 is 1.97 bits per heavy atom. The van der Waals surface area contributed by atoms with Crippen molar-refractivity contribution in [2.24, 2.45) is 5.92 Å². The van der Waals surface area contributed by atoms with Gasteiger partial charge in [-0.25, -0.2) is 0 Å². The van der Waals surface area contributed by atoms with Gasteiger partial charge in [0.1, 0.15) is 6.04 Å². The van der Waals surface area contributed by atoms with Crippen molar-refractivity contribution in [3.63, 3.8) is 0 Å². The van der Waals surface area contributed by atoms with Crippen LogP contribution in [-0.4, -0.2) is 71.1 Å². The van der Waals surface area contributed by atoms with Crippen molar-refractivity contribution >= 4 is 29.8 Å². The molecule has 9 heteroatoms. The highest BCUT2D eigenvalue weighted by Gasteiger charge is 2.35. The molecule has 0 spiro atoms. The molecule has 1 aliphatic rings. The molecule has 2 rings (SSSR count). The first-order valence-corrected chi connectivity index (χ1v) is 10.4. The SMILES string of the molecule is C/C(=C\[C@H](C(C)C)N(C)C(=O)CNC=O)C(=O)N1CCC[C@H]1C(=O)Nc1ccncc1. The third-order valence-electron chi connectivity index (χ3n) is 5.38. The predicted molar refractivity (Wildman–Crippen MR) is 117 cm³/mol. The average Bonchev–Trinajstić information content (AvgIpc) is 3.25. The molecule has 1 aromatic heterocycles. The van der Waals surface area contributed by atoms with E-state index in [0.717, 1.165) is 6.42 Å². The summed E-state index contributed by atoms with van der Waals surface area (Å²) >= 11 is 0. The summed E-state index contributed by atoms with van der Waals surface area (Å²) in [5.41, 5.74) is 1.11. The number of nitrogens with one attached hydrogen (secondary N) is 2. The molecule has 1 fully saturated rings. The minimum atomic E-state index is -0.544. The van der Waals surface area contributed by atoms with Crippen molar-refractivity contribution in [3.8, 4) is 0 Å². The molecule has 2 heterocycles. The molecular weight excluding hydrogens is 398 g/mol. The fourth-order valence-electron chi connectivity index (χ4n) is 3.67. The molecule has 0 bridgehead atoms. The Morgan fingerprint density at radius 1 is 1.29 bits per heavy atom. The van der Waals surface area contributed by atoms with E-state index >= 15 is 0 Å². The molecular formula is C22H31N5O4. The molecule has 9 nitrogen and oxygen atoms in total. The summed E-state index contributed by atoms with van der Waals surface area (Å²) in [6.07, 6.45) is 6.77. The van der Waals surface area contributed by atoms with Crippen LogP contribution in [0.1, 0.15) is 33.6 Å². The highest BCUT2D eigenvalue weighted by Crippen LogP contribution is 2.22. The third kappa shape index (κ3) is 6.37. The number of rotatable bonds is 9. The van der Waals surface area contributed by atoms with Crippen molar-refractivity contribution in [2.45, 2.75) is 45.7 Å². The second-order valence-corrected chi connectivity index (χ2v) is 7.97. The summed E-state index contributed by atoms with van der Waals surface area (Å²) in [6, 6.07) is 2.53. The average molecular weight is 430 g/mol. The van der Waals surface area contributed by atoms with Crippen LogP contribution in [0, 0.1) is 5.92 Å². The zero-order chi connectivity index (χ0) is 23.0. The number of aromatic nitrogens is 1. The first-order valence-electron chi connectivity index (χ1n) is 10.4. The van der Waals surface area contributed by atoms with E-state index in [1.165, 1.54) is 4.90 Å². The van der Waals surface area contributed by atoms with E-state index < -0.39 is 6.04 Å². The summed E-state index contributed by atoms with van der Waals surface area (Å²) in [4.78, 5) is 55.7. The lowest BCUT2D eigenvalue weighted by molar-refractivity contribution is -0.133. The Balaban J connectivity index is 2.12. The van der Waals surface area contributed by atoms with E-state index in [-0.39, 0.29) is 36.2 Å². The van der Waals surface area contributed by atoms with Crippen LogP contribution in [0.3, 0.4) is 0 Å². The van der Waals surface area contributed by atoms with Crippen LogP contribution in [0.25, 0.3) is 0 Å². The molecule has 4 amide bonds. The van der Waals surface area contributed by atoms with Gasteiger partial charge < -0.3 is 20.4 Å². The number of likely N-dealkylation sites (tertiary alicyclic amines) is 1. The standard InChI is InChI=1S/C22H31N5O4/c1-15(2)19(26(4)20(29)13-24-14-28)12-16(3)22(31)27-11-5-6-18(27)21(30)25-17-7-9-23-10-8-17/h7-10,12,14-15,18-19H,5-6,11,13H2,1-4H3,(H,24,28)(H,23,25,30)/b16-12+/t18-,19+/m0/s1. The van der Waals surface area contributed by atoms with Gasteiger partial charge in [0.2, 0.25) is 24.1 Å². The number of anilines is 1. The summed E-state index contributed by atoms with van der Waals surface area (Å²) < 4.78 is 0. The molecule has 2 atom stereocenters. The summed E-state index contributed by atoms with van der Waals surface area (Å²) in [7, 11) is 1.65. The van der Waals surface area contributed by atoms with Crippen LogP contribution in [0.5, 0.6) is 0 Å². The van der Waals surface area contributed by atoms with Crippen molar-refractivity contribution in [1.82, 2.24) is 20.1 Å². The Kier molecular flexibility index (Phi) is 8.72. The third-order valence-corrected chi connectivity index (χ3v) is 5.38. The minimum Gasteiger partial charge on any atom is -0.350 e. The molecule has 2 N–H and O–H groups in total. The maximum absolute atomic E-state index is 13.1. The largest absolute Gasteiger partial charge is 0.350 e. The summed E-state index contributed by atoms with van der Waals surface area (Å²) in [5.74, 6) is -0.641. The van der Waals surface area contributed by atoms with Crippen LogP contribution < -0.4 is 10.6 Å². The van der Waals surface area contributed by atoms with Gasteiger partial charge in [0.15, 0.2) is 0 Å². The van der Waals surface area contributed by atoms with Gasteiger partial charge >= 0.3 is 0 Å². The smallest absolute Gasteiger partial charge is 0.249 e. The highest BCUT2D eigenvalue weighted by atomic mass is 16.2. The lowest BCUT2D eigenvalue weighted by Gasteiger charge is -2.30. The molecule has 1 aromatic rings. The fourth-order valence-corrected chi connectivity index (χ4v) is 3.67. The molecule has 0 saturated carbocycles. The highest BCUT2D eigenvalue weighted by molar-refractivity contribution is 6.01. The Hall–Kier alpha value is -3.23. The zero-order valence-electron chi connectivity index (χ0n) is 18.5. The van der Waals surface area contributed by atoms with Gasteiger partial charge in [0.05, 0.1) is 12.6 Å². The summed E-state index contributed by atoms with van der Waals surface area (Å²) in [6.45, 7) is 6.01. The lowest BCUT2D eigenvalue weighted by Crippen LogP contribution is -2.45. The molecule has 0 aromatic carbocycles. The normalized spacial score (nSPS) is 17.3. The van der Waals surface area contributed by atoms with Gasteiger partial charge in [-0.15, -0.1) is 0 Å². The van der Waals surface area contributed by atoms with E-state index in [0.29, 0.717) is 30.6 Å². The number of carbonyl (C=O) groups excluding carboxylic acids is 4. The molecule has 168 valence electrons. The number of pyridine rings is 1. The molecule has 1 saturated heterocycles. The van der Waals surface area contributed by atoms with Gasteiger partial charge in [0.25, 0.3) is 0 Å². The van der Waals surface area contributed by atoms with Gasteiger partial charge in [-0.1, -0.05) is 19.9 Å². The Morgan fingerprint density at radius 3 is 2.58 bits per heavy atom. The monoisotopic (exact) mass is 429 g/mol. The van der Waals surface area contributed by atoms with E-state index in [4.69, 9.17) is 0 Å². The van der Waals surface area contributed by atoms with Crippen molar-refractivity contribution in [3.05, 3.63) is 36.2 Å². The lowest BCUT2D eigenvalue weighted by atomic mass is 9.99. The van der Waals surface area contributed by atoms with Crippen LogP contribution >= 0.6 is 0 Å². The number of hydrogen-bond donors (Lipinski definition) is 2. The first kappa shape index (κ1) is 24.0.